The molecule has 0 amide bonds. The van der Waals surface area contributed by atoms with Crippen molar-refractivity contribution >= 4 is 28.4 Å². The number of Topliss-reactive ketones (excluding diaryl/α,β-unsaturated/α-hetero) is 1. The minimum atomic E-state index is -2.92. The number of ether oxygens (including phenoxy) is 1. The number of halogens is 2. The van der Waals surface area contributed by atoms with Crippen LogP contribution in [0.15, 0.2) is 58.5 Å². The number of carbonyl (C=O) groups is 1. The van der Waals surface area contributed by atoms with Gasteiger partial charge >= 0.3 is 6.61 Å². The minimum absolute atomic E-state index is 0.0123. The van der Waals surface area contributed by atoms with Crippen molar-refractivity contribution < 1.29 is 18.3 Å². The Balaban J connectivity index is 1.89. The summed E-state index contributed by atoms with van der Waals surface area (Å²) in [4.78, 5) is 30.3. The van der Waals surface area contributed by atoms with Crippen molar-refractivity contribution in [2.45, 2.75) is 43.8 Å². The van der Waals surface area contributed by atoms with Gasteiger partial charge in [0.25, 0.3) is 5.56 Å². The van der Waals surface area contributed by atoms with Crippen LogP contribution < -0.4 is 10.3 Å². The first-order valence-corrected chi connectivity index (χ1v) is 9.93. The summed E-state index contributed by atoms with van der Waals surface area (Å²) in [6, 6.07) is 12.5. The Kier molecular flexibility index (Phi) is 6.32. The molecule has 0 radical (unpaired) electrons. The second-order valence-corrected chi connectivity index (χ2v) is 8.02. The molecule has 3 aromatic rings. The maximum absolute atomic E-state index is 12.9. The number of hydrogen-bond donors (Lipinski definition) is 0. The zero-order chi connectivity index (χ0) is 21.1. The molecule has 1 aromatic heterocycles. The number of ketones is 1. The molecule has 1 heterocycles. The van der Waals surface area contributed by atoms with Gasteiger partial charge in [0, 0.05) is 11.6 Å². The minimum Gasteiger partial charge on any atom is -0.435 e. The van der Waals surface area contributed by atoms with Crippen LogP contribution in [0.4, 0.5) is 8.78 Å². The number of benzene rings is 2. The molecule has 0 bridgehead atoms. The lowest BCUT2D eigenvalue weighted by Gasteiger charge is -2.18. The lowest BCUT2D eigenvalue weighted by atomic mass is 10.1. The molecule has 3 rings (SSSR count). The van der Waals surface area contributed by atoms with Gasteiger partial charge in [-0.3, -0.25) is 14.2 Å². The van der Waals surface area contributed by atoms with Crippen LogP contribution in [0.3, 0.4) is 0 Å². The highest BCUT2D eigenvalue weighted by Crippen LogP contribution is 2.27. The van der Waals surface area contributed by atoms with Crippen molar-refractivity contribution in [1.29, 1.82) is 0 Å². The zero-order valence-electron chi connectivity index (χ0n) is 16.1. The van der Waals surface area contributed by atoms with E-state index in [0.717, 1.165) is 0 Å². The molecule has 0 N–H and O–H groups in total. The van der Waals surface area contributed by atoms with E-state index in [0.29, 0.717) is 21.6 Å². The Labute approximate surface area is 170 Å². The van der Waals surface area contributed by atoms with E-state index >= 15 is 0 Å². The molecule has 1 atom stereocenters. The average Bonchev–Trinajstić information content (AvgIpc) is 2.67. The van der Waals surface area contributed by atoms with Gasteiger partial charge in [-0.05, 0) is 57.2 Å². The van der Waals surface area contributed by atoms with Crippen molar-refractivity contribution in [3.63, 3.8) is 0 Å². The van der Waals surface area contributed by atoms with Gasteiger partial charge in [-0.15, -0.1) is 0 Å². The molecule has 29 heavy (non-hydrogen) atoms. The number of rotatable bonds is 7. The Morgan fingerprint density at radius 3 is 2.34 bits per heavy atom. The lowest BCUT2D eigenvalue weighted by Crippen LogP contribution is -2.26. The van der Waals surface area contributed by atoms with Crippen LogP contribution in [-0.2, 0) is 0 Å². The van der Waals surface area contributed by atoms with Crippen LogP contribution in [0.25, 0.3) is 10.9 Å². The third kappa shape index (κ3) is 4.64. The van der Waals surface area contributed by atoms with Gasteiger partial charge in [-0.1, -0.05) is 23.9 Å². The molecule has 0 aliphatic heterocycles. The molecule has 152 valence electrons. The number of aromatic nitrogens is 2. The first kappa shape index (κ1) is 21.0. The number of fused-ring (bicyclic) bond motifs is 1. The fourth-order valence-corrected chi connectivity index (χ4v) is 4.03. The second-order valence-electron chi connectivity index (χ2n) is 6.71. The summed E-state index contributed by atoms with van der Waals surface area (Å²) in [6.07, 6.45) is 0. The fourth-order valence-electron chi connectivity index (χ4n) is 2.91. The SMILES string of the molecule is CC(C)n1c(S[C@H](C)C(=O)c2ccc(OC(F)F)cc2)nc2ccccc2c1=O. The van der Waals surface area contributed by atoms with E-state index in [4.69, 9.17) is 0 Å². The molecule has 0 unspecified atom stereocenters. The highest BCUT2D eigenvalue weighted by Gasteiger charge is 2.21. The fraction of sp³-hybridized carbons (Fsp3) is 0.286. The van der Waals surface area contributed by atoms with E-state index in [1.54, 1.807) is 35.8 Å². The van der Waals surface area contributed by atoms with Crippen LogP contribution in [-0.4, -0.2) is 27.2 Å². The summed E-state index contributed by atoms with van der Waals surface area (Å²) < 4.78 is 30.4. The smallest absolute Gasteiger partial charge is 0.387 e. The predicted molar refractivity (Wildman–Crippen MR) is 109 cm³/mol. The second kappa shape index (κ2) is 8.73. The van der Waals surface area contributed by atoms with Crippen molar-refractivity contribution in [3.8, 4) is 5.75 Å². The van der Waals surface area contributed by atoms with Gasteiger partial charge in [-0.25, -0.2) is 4.98 Å². The van der Waals surface area contributed by atoms with Crippen LogP contribution in [0.1, 0.15) is 37.2 Å². The van der Waals surface area contributed by atoms with Crippen LogP contribution in [0.2, 0.25) is 0 Å². The highest BCUT2D eigenvalue weighted by molar-refractivity contribution is 8.00. The molecular formula is C21H20F2N2O3S. The van der Waals surface area contributed by atoms with Gasteiger partial charge < -0.3 is 4.74 Å². The molecule has 0 spiro atoms. The van der Waals surface area contributed by atoms with Crippen molar-refractivity contribution in [1.82, 2.24) is 9.55 Å². The summed E-state index contributed by atoms with van der Waals surface area (Å²) in [6.45, 7) is 2.58. The van der Waals surface area contributed by atoms with Crippen LogP contribution in [0.5, 0.6) is 5.75 Å². The van der Waals surface area contributed by atoms with E-state index in [9.17, 15) is 18.4 Å². The largest absolute Gasteiger partial charge is 0.435 e. The average molecular weight is 418 g/mol. The van der Waals surface area contributed by atoms with Gasteiger partial charge in [0.15, 0.2) is 10.9 Å². The third-order valence-electron chi connectivity index (χ3n) is 4.31. The Hall–Kier alpha value is -2.74. The molecule has 0 aliphatic carbocycles. The van der Waals surface area contributed by atoms with Crippen molar-refractivity contribution in [3.05, 3.63) is 64.4 Å². The van der Waals surface area contributed by atoms with Crippen LogP contribution in [0, 0.1) is 0 Å². The van der Waals surface area contributed by atoms with Crippen LogP contribution >= 0.6 is 11.8 Å². The molecule has 0 aliphatic rings. The van der Waals surface area contributed by atoms with Crippen molar-refractivity contribution in [2.75, 3.05) is 0 Å². The van der Waals surface area contributed by atoms with Gasteiger partial charge in [-0.2, -0.15) is 8.78 Å². The third-order valence-corrected chi connectivity index (χ3v) is 5.37. The van der Waals surface area contributed by atoms with E-state index in [1.165, 1.54) is 36.0 Å². The predicted octanol–water partition coefficient (Wildman–Crippen LogP) is 4.94. The standard InChI is InChI=1S/C21H20F2N2O3S/c1-12(2)25-19(27)16-6-4-5-7-17(16)24-21(25)29-13(3)18(26)14-8-10-15(11-9-14)28-20(22)23/h4-13,20H,1-3H3/t13-/m1/s1. The maximum atomic E-state index is 12.9. The first-order valence-electron chi connectivity index (χ1n) is 9.05. The zero-order valence-corrected chi connectivity index (χ0v) is 17.0. The van der Waals surface area contributed by atoms with E-state index in [-0.39, 0.29) is 23.1 Å². The monoisotopic (exact) mass is 418 g/mol. The molecule has 5 nitrogen and oxygen atoms in total. The number of carbonyl (C=O) groups excluding carboxylic acids is 1. The van der Waals surface area contributed by atoms with E-state index in [1.807, 2.05) is 13.8 Å². The highest BCUT2D eigenvalue weighted by atomic mass is 32.2. The van der Waals surface area contributed by atoms with Gasteiger partial charge in [0.2, 0.25) is 0 Å². The lowest BCUT2D eigenvalue weighted by molar-refractivity contribution is -0.0498. The Morgan fingerprint density at radius 1 is 1.07 bits per heavy atom. The summed E-state index contributed by atoms with van der Waals surface area (Å²) in [5, 5.41) is 0.455. The van der Waals surface area contributed by atoms with Crippen molar-refractivity contribution in [2.24, 2.45) is 0 Å². The topological polar surface area (TPSA) is 61.2 Å². The molecule has 2 aromatic carbocycles. The van der Waals surface area contributed by atoms with Gasteiger partial charge in [0.1, 0.15) is 5.75 Å². The Bertz CT molecular complexity index is 1080. The molecule has 0 fully saturated rings. The van der Waals surface area contributed by atoms with Gasteiger partial charge in [0.05, 0.1) is 16.2 Å². The molecule has 8 heteroatoms. The maximum Gasteiger partial charge on any atom is 0.387 e. The normalized spacial score (nSPS) is 12.5. The number of alkyl halides is 2. The summed E-state index contributed by atoms with van der Waals surface area (Å²) >= 11 is 1.20. The van der Waals surface area contributed by atoms with E-state index < -0.39 is 11.9 Å². The number of hydrogen-bond acceptors (Lipinski definition) is 5. The molecular weight excluding hydrogens is 398 g/mol. The number of para-hydroxylation sites is 1. The summed E-state index contributed by atoms with van der Waals surface area (Å²) in [7, 11) is 0. The van der Waals surface area contributed by atoms with E-state index in [2.05, 4.69) is 9.72 Å². The molecule has 0 saturated carbocycles. The first-order chi connectivity index (χ1) is 13.8. The number of nitrogens with zero attached hydrogens (tertiary/aromatic N) is 2. The Morgan fingerprint density at radius 2 is 1.72 bits per heavy atom. The molecule has 0 saturated heterocycles. The quantitative estimate of drug-likeness (QED) is 0.309. The number of thioether (sulfide) groups is 1. The summed E-state index contributed by atoms with van der Waals surface area (Å²) in [5.74, 6) is -0.210. The summed E-state index contributed by atoms with van der Waals surface area (Å²) in [5.41, 5.74) is 0.789.